The normalized spacial score (nSPS) is 14.1. The van der Waals surface area contributed by atoms with Gasteiger partial charge in [0.25, 0.3) is 0 Å². The van der Waals surface area contributed by atoms with Crippen molar-refractivity contribution < 1.29 is 80.2 Å². The van der Waals surface area contributed by atoms with Crippen molar-refractivity contribution in [3.8, 4) is 0 Å². The highest BCUT2D eigenvalue weighted by molar-refractivity contribution is 7.47. The molecule has 93 heavy (non-hydrogen) atoms. The smallest absolute Gasteiger partial charge is 0.462 e. The molecule has 0 rings (SSSR count). The fraction of sp³-hybridized carbons (Fsp3) is 0.946. The average Bonchev–Trinajstić information content (AvgIpc) is 1.96. The van der Waals surface area contributed by atoms with Crippen molar-refractivity contribution in [2.45, 2.75) is 400 Å². The van der Waals surface area contributed by atoms with E-state index in [4.69, 9.17) is 37.0 Å². The van der Waals surface area contributed by atoms with Crippen molar-refractivity contribution in [1.82, 2.24) is 0 Å². The molecule has 0 radical (unpaired) electrons. The standard InChI is InChI=1S/C74H144O17P2/c1-7-9-11-13-15-17-19-21-23-25-26-27-29-31-33-35-37-46-52-58-73(78)90-69(62-84-71(76)56-50-44-36-34-32-30-28-24-22-20-18-16-14-12-10-8-2)64-88-92(80,81)86-60-68(75)61-87-93(82,83)89-65-70(91-74(79)59-53-47-41-39-43-49-55-67(5)6)63-85-72(77)57-51-45-40-38-42-48-54-66(3)4/h66-70,75H,7-65H2,1-6H3,(H,80,81)(H,82,83)/t68-,69-,70-/m1/s1. The third-order valence-corrected chi connectivity index (χ3v) is 19.1. The van der Waals surface area contributed by atoms with Crippen LogP contribution in [0.5, 0.6) is 0 Å². The lowest BCUT2D eigenvalue weighted by Gasteiger charge is -2.21. The molecule has 5 atom stereocenters. The van der Waals surface area contributed by atoms with Crippen LogP contribution in [0.3, 0.4) is 0 Å². The molecule has 552 valence electrons. The number of carbonyl (C=O) groups is 4. The summed E-state index contributed by atoms with van der Waals surface area (Å²) in [6.45, 7) is 9.40. The van der Waals surface area contributed by atoms with E-state index in [1.54, 1.807) is 0 Å². The first-order valence-electron chi connectivity index (χ1n) is 38.5. The van der Waals surface area contributed by atoms with Crippen molar-refractivity contribution >= 4 is 39.5 Å². The zero-order chi connectivity index (χ0) is 68.6. The lowest BCUT2D eigenvalue weighted by atomic mass is 10.0. The predicted octanol–water partition coefficient (Wildman–Crippen LogP) is 21.6. The van der Waals surface area contributed by atoms with Crippen molar-refractivity contribution in [1.29, 1.82) is 0 Å². The Morgan fingerprint density at radius 2 is 0.495 bits per heavy atom. The Morgan fingerprint density at radius 1 is 0.290 bits per heavy atom. The minimum atomic E-state index is -4.96. The Labute approximate surface area is 568 Å². The van der Waals surface area contributed by atoms with E-state index in [2.05, 4.69) is 41.5 Å². The number of rotatable bonds is 73. The number of hydrogen-bond acceptors (Lipinski definition) is 15. The van der Waals surface area contributed by atoms with Crippen LogP contribution in [0.2, 0.25) is 0 Å². The fourth-order valence-electron chi connectivity index (χ4n) is 11.3. The van der Waals surface area contributed by atoms with Gasteiger partial charge in [0, 0.05) is 25.7 Å². The second kappa shape index (κ2) is 66.0. The molecular formula is C74H144O17P2. The van der Waals surface area contributed by atoms with Gasteiger partial charge in [-0.1, -0.05) is 330 Å². The molecule has 0 aliphatic heterocycles. The first kappa shape index (κ1) is 91.1. The summed E-state index contributed by atoms with van der Waals surface area (Å²) >= 11 is 0. The third kappa shape index (κ3) is 68.4. The van der Waals surface area contributed by atoms with E-state index in [0.717, 1.165) is 96.3 Å². The molecule has 0 aliphatic carbocycles. The minimum absolute atomic E-state index is 0.101. The lowest BCUT2D eigenvalue weighted by molar-refractivity contribution is -0.161. The van der Waals surface area contributed by atoms with Gasteiger partial charge >= 0.3 is 39.5 Å². The molecule has 0 aromatic rings. The van der Waals surface area contributed by atoms with Crippen LogP contribution in [0.15, 0.2) is 0 Å². The molecule has 0 heterocycles. The van der Waals surface area contributed by atoms with Gasteiger partial charge in [-0.3, -0.25) is 37.3 Å². The molecule has 0 spiro atoms. The molecule has 0 saturated carbocycles. The Hall–Kier alpha value is -1.94. The second-order valence-electron chi connectivity index (χ2n) is 27.6. The maximum atomic E-state index is 13.1. The monoisotopic (exact) mass is 1370 g/mol. The SMILES string of the molecule is CCCCCCCCCCCCCCCCCCCCCC(=O)O[C@H](COC(=O)CCCCCCCCCCCCCCCCCC)COP(=O)(O)OC[C@@H](O)COP(=O)(O)OC[C@@H](COC(=O)CCCCCCCCC(C)C)OC(=O)CCCCCCCCC(C)C. The van der Waals surface area contributed by atoms with Crippen LogP contribution in [-0.2, 0) is 65.4 Å². The van der Waals surface area contributed by atoms with Crippen LogP contribution in [0, 0.1) is 11.8 Å². The summed E-state index contributed by atoms with van der Waals surface area (Å²) in [5.74, 6) is -0.777. The van der Waals surface area contributed by atoms with Gasteiger partial charge < -0.3 is 33.8 Å². The number of ether oxygens (including phenoxy) is 4. The first-order valence-corrected chi connectivity index (χ1v) is 41.5. The molecule has 3 N–H and O–H groups in total. The quantitative estimate of drug-likeness (QED) is 0.0222. The highest BCUT2D eigenvalue weighted by atomic mass is 31.2. The molecule has 0 aromatic carbocycles. The number of unbranched alkanes of at least 4 members (excludes halogenated alkanes) is 43. The molecule has 0 amide bonds. The molecule has 19 heteroatoms. The van der Waals surface area contributed by atoms with Crippen LogP contribution < -0.4 is 0 Å². The summed E-state index contributed by atoms with van der Waals surface area (Å²) in [7, 11) is -9.90. The van der Waals surface area contributed by atoms with E-state index >= 15 is 0 Å². The summed E-state index contributed by atoms with van der Waals surface area (Å²) in [6.07, 6.45) is 53.2. The topological polar surface area (TPSA) is 237 Å². The van der Waals surface area contributed by atoms with Crippen molar-refractivity contribution in [2.24, 2.45) is 11.8 Å². The molecule has 0 fully saturated rings. The molecule has 0 aromatic heterocycles. The summed E-state index contributed by atoms with van der Waals surface area (Å²) in [6, 6.07) is 0. The van der Waals surface area contributed by atoms with Gasteiger partial charge in [-0.25, -0.2) is 9.13 Å². The molecular weight excluding hydrogens is 1220 g/mol. The third-order valence-electron chi connectivity index (χ3n) is 17.2. The summed E-state index contributed by atoms with van der Waals surface area (Å²) in [5, 5.41) is 10.6. The molecule has 0 bridgehead atoms. The van der Waals surface area contributed by atoms with E-state index in [1.165, 1.54) is 193 Å². The number of aliphatic hydroxyl groups excluding tert-OH is 1. The number of phosphoric acid groups is 2. The number of aliphatic hydroxyl groups is 1. The van der Waals surface area contributed by atoms with Crippen LogP contribution in [0.4, 0.5) is 0 Å². The summed E-state index contributed by atoms with van der Waals surface area (Å²) in [5.41, 5.74) is 0. The van der Waals surface area contributed by atoms with E-state index in [1.807, 2.05) is 0 Å². The van der Waals surface area contributed by atoms with Crippen LogP contribution >= 0.6 is 15.6 Å². The zero-order valence-electron chi connectivity index (χ0n) is 60.6. The van der Waals surface area contributed by atoms with Gasteiger partial charge in [-0.2, -0.15) is 0 Å². The Bertz CT molecular complexity index is 1800. The highest BCUT2D eigenvalue weighted by Crippen LogP contribution is 2.45. The fourth-order valence-corrected chi connectivity index (χ4v) is 12.9. The van der Waals surface area contributed by atoms with E-state index in [9.17, 15) is 43.2 Å². The first-order chi connectivity index (χ1) is 44.9. The highest BCUT2D eigenvalue weighted by Gasteiger charge is 2.30. The van der Waals surface area contributed by atoms with Gasteiger partial charge in [-0.15, -0.1) is 0 Å². The molecule has 0 aliphatic rings. The number of phosphoric ester groups is 2. The second-order valence-corrected chi connectivity index (χ2v) is 30.5. The number of carbonyl (C=O) groups excluding carboxylic acids is 4. The largest absolute Gasteiger partial charge is 0.472 e. The van der Waals surface area contributed by atoms with Crippen LogP contribution in [0.1, 0.15) is 382 Å². The van der Waals surface area contributed by atoms with Gasteiger partial charge in [0.1, 0.15) is 19.3 Å². The summed E-state index contributed by atoms with van der Waals surface area (Å²) < 4.78 is 68.3. The molecule has 0 saturated heterocycles. The number of esters is 4. The average molecular weight is 1370 g/mol. The number of hydrogen-bond donors (Lipinski definition) is 3. The van der Waals surface area contributed by atoms with Crippen molar-refractivity contribution in [2.75, 3.05) is 39.6 Å². The zero-order valence-corrected chi connectivity index (χ0v) is 62.3. The van der Waals surface area contributed by atoms with Crippen LogP contribution in [0.25, 0.3) is 0 Å². The van der Waals surface area contributed by atoms with Crippen LogP contribution in [-0.4, -0.2) is 96.7 Å². The van der Waals surface area contributed by atoms with Crippen molar-refractivity contribution in [3.05, 3.63) is 0 Å². The van der Waals surface area contributed by atoms with Gasteiger partial charge in [0.2, 0.25) is 0 Å². The Kier molecular flexibility index (Phi) is 64.6. The Balaban J connectivity index is 5.19. The van der Waals surface area contributed by atoms with Gasteiger partial charge in [0.05, 0.1) is 26.4 Å². The van der Waals surface area contributed by atoms with E-state index in [0.29, 0.717) is 37.5 Å². The van der Waals surface area contributed by atoms with Crippen molar-refractivity contribution in [3.63, 3.8) is 0 Å². The van der Waals surface area contributed by atoms with E-state index in [-0.39, 0.29) is 25.7 Å². The maximum Gasteiger partial charge on any atom is 0.472 e. The maximum absolute atomic E-state index is 13.1. The predicted molar refractivity (Wildman–Crippen MR) is 377 cm³/mol. The molecule has 17 nitrogen and oxygen atoms in total. The molecule has 2 unspecified atom stereocenters. The van der Waals surface area contributed by atoms with E-state index < -0.39 is 97.5 Å². The Morgan fingerprint density at radius 3 is 0.731 bits per heavy atom. The van der Waals surface area contributed by atoms with Gasteiger partial charge in [-0.05, 0) is 37.5 Å². The minimum Gasteiger partial charge on any atom is -0.462 e. The summed E-state index contributed by atoms with van der Waals surface area (Å²) in [4.78, 5) is 72.6. The van der Waals surface area contributed by atoms with Gasteiger partial charge in [0.15, 0.2) is 12.2 Å². The lowest BCUT2D eigenvalue weighted by Crippen LogP contribution is -2.30.